The van der Waals surface area contributed by atoms with Crippen LogP contribution in [0.3, 0.4) is 0 Å². The summed E-state index contributed by atoms with van der Waals surface area (Å²) in [4.78, 5) is 23.9. The van der Waals surface area contributed by atoms with Crippen LogP contribution in [0, 0.1) is 13.8 Å². The van der Waals surface area contributed by atoms with Gasteiger partial charge in [0.15, 0.2) is 18.1 Å². The molecule has 0 unspecified atom stereocenters. The minimum atomic E-state index is -0.421. The zero-order valence-electron chi connectivity index (χ0n) is 15.7. The lowest BCUT2D eigenvalue weighted by Gasteiger charge is -2.19. The Kier molecular flexibility index (Phi) is 5.63. The molecule has 3 rings (SSSR count). The molecule has 144 valence electrons. The highest BCUT2D eigenvalue weighted by Gasteiger charge is 2.15. The van der Waals surface area contributed by atoms with Crippen LogP contribution in [0.1, 0.15) is 23.4 Å². The van der Waals surface area contributed by atoms with E-state index >= 15 is 0 Å². The number of nitrogens with one attached hydrogen (secondary N) is 1. The van der Waals surface area contributed by atoms with Gasteiger partial charge in [-0.15, -0.1) is 0 Å². The third-order valence-electron chi connectivity index (χ3n) is 4.43. The molecule has 0 aliphatic carbocycles. The summed E-state index contributed by atoms with van der Waals surface area (Å²) in [6.07, 6.45) is 0.735. The van der Waals surface area contributed by atoms with Gasteiger partial charge >= 0.3 is 5.97 Å². The SMILES string of the molecule is Cc1nn(C)c(C)c1CCC(=O)OCC(=O)Nc1ccc2c(c1)OCCO2. The molecule has 0 atom stereocenters. The number of hydrogen-bond acceptors (Lipinski definition) is 6. The molecule has 1 aliphatic heterocycles. The Labute approximate surface area is 157 Å². The van der Waals surface area contributed by atoms with Gasteiger partial charge in [0.2, 0.25) is 0 Å². The number of esters is 1. The highest BCUT2D eigenvalue weighted by Crippen LogP contribution is 2.32. The van der Waals surface area contributed by atoms with Crippen molar-refractivity contribution in [2.45, 2.75) is 26.7 Å². The number of fused-ring (bicyclic) bond motifs is 1. The van der Waals surface area contributed by atoms with Crippen molar-refractivity contribution in [2.75, 3.05) is 25.1 Å². The number of anilines is 1. The van der Waals surface area contributed by atoms with E-state index in [4.69, 9.17) is 14.2 Å². The lowest BCUT2D eigenvalue weighted by molar-refractivity contribution is -0.147. The van der Waals surface area contributed by atoms with Crippen molar-refractivity contribution in [1.82, 2.24) is 9.78 Å². The lowest BCUT2D eigenvalue weighted by Crippen LogP contribution is -2.21. The summed E-state index contributed by atoms with van der Waals surface area (Å²) in [6.45, 7) is 4.51. The third kappa shape index (κ3) is 4.58. The van der Waals surface area contributed by atoms with Gasteiger partial charge in [-0.2, -0.15) is 5.10 Å². The maximum atomic E-state index is 12.0. The lowest BCUT2D eigenvalue weighted by atomic mass is 10.1. The smallest absolute Gasteiger partial charge is 0.306 e. The van der Waals surface area contributed by atoms with Crippen molar-refractivity contribution in [3.63, 3.8) is 0 Å². The van der Waals surface area contributed by atoms with E-state index in [1.165, 1.54) is 0 Å². The van der Waals surface area contributed by atoms with E-state index in [1.54, 1.807) is 22.9 Å². The molecule has 0 bridgehead atoms. The van der Waals surface area contributed by atoms with E-state index in [0.29, 0.717) is 36.8 Å². The number of rotatable bonds is 6. The molecule has 1 N–H and O–H groups in total. The molecule has 1 aromatic heterocycles. The summed E-state index contributed by atoms with van der Waals surface area (Å²) >= 11 is 0. The minimum absolute atomic E-state index is 0.199. The number of nitrogens with zero attached hydrogens (tertiary/aromatic N) is 2. The second-order valence-electron chi connectivity index (χ2n) is 6.34. The van der Waals surface area contributed by atoms with E-state index in [0.717, 1.165) is 17.0 Å². The Balaban J connectivity index is 1.45. The molecule has 1 amide bonds. The average Bonchev–Trinajstić information content (AvgIpc) is 2.90. The molecule has 2 aromatic rings. The molecule has 8 heteroatoms. The summed E-state index contributed by atoms with van der Waals surface area (Å²) in [5, 5.41) is 7.00. The standard InChI is InChI=1S/C19H23N3O5/c1-12-15(13(2)22(3)21-12)5-7-19(24)27-11-18(23)20-14-4-6-16-17(10-14)26-9-8-25-16/h4,6,10H,5,7-9,11H2,1-3H3,(H,20,23). The van der Waals surface area contributed by atoms with Crippen LogP contribution in [0.5, 0.6) is 11.5 Å². The molecular weight excluding hydrogens is 350 g/mol. The molecule has 0 saturated heterocycles. The largest absolute Gasteiger partial charge is 0.486 e. The highest BCUT2D eigenvalue weighted by molar-refractivity contribution is 5.93. The molecule has 0 fully saturated rings. The average molecular weight is 373 g/mol. The van der Waals surface area contributed by atoms with Gasteiger partial charge in [0.1, 0.15) is 13.2 Å². The van der Waals surface area contributed by atoms with Crippen molar-refractivity contribution in [3.05, 3.63) is 35.2 Å². The number of aryl methyl sites for hydroxylation is 2. The quantitative estimate of drug-likeness (QED) is 0.778. The predicted molar refractivity (Wildman–Crippen MR) is 98.0 cm³/mol. The Hall–Kier alpha value is -3.03. The topological polar surface area (TPSA) is 91.7 Å². The molecule has 27 heavy (non-hydrogen) atoms. The number of benzene rings is 1. The van der Waals surface area contributed by atoms with Crippen LogP contribution in [-0.4, -0.2) is 41.5 Å². The first-order chi connectivity index (χ1) is 12.9. The zero-order chi connectivity index (χ0) is 19.4. The second-order valence-corrected chi connectivity index (χ2v) is 6.34. The van der Waals surface area contributed by atoms with Crippen LogP contribution in [0.2, 0.25) is 0 Å². The zero-order valence-corrected chi connectivity index (χ0v) is 15.7. The van der Waals surface area contributed by atoms with Crippen molar-refractivity contribution < 1.29 is 23.8 Å². The number of aromatic nitrogens is 2. The minimum Gasteiger partial charge on any atom is -0.486 e. The molecule has 0 spiro atoms. The highest BCUT2D eigenvalue weighted by atomic mass is 16.6. The van der Waals surface area contributed by atoms with Gasteiger partial charge in [-0.3, -0.25) is 14.3 Å². The molecule has 1 aliphatic rings. The first-order valence-corrected chi connectivity index (χ1v) is 8.78. The van der Waals surface area contributed by atoms with Crippen LogP contribution in [-0.2, 0) is 27.8 Å². The number of amides is 1. The Morgan fingerprint density at radius 2 is 1.96 bits per heavy atom. The van der Waals surface area contributed by atoms with Crippen LogP contribution in [0.25, 0.3) is 0 Å². The Morgan fingerprint density at radius 3 is 2.67 bits per heavy atom. The maximum Gasteiger partial charge on any atom is 0.306 e. The Bertz CT molecular complexity index is 859. The normalized spacial score (nSPS) is 12.6. The van der Waals surface area contributed by atoms with Gasteiger partial charge in [0.05, 0.1) is 5.69 Å². The summed E-state index contributed by atoms with van der Waals surface area (Å²) in [5.74, 6) is 0.397. The summed E-state index contributed by atoms with van der Waals surface area (Å²) in [5.41, 5.74) is 3.52. The third-order valence-corrected chi connectivity index (χ3v) is 4.43. The number of carbonyl (C=O) groups excluding carboxylic acids is 2. The number of ether oxygens (including phenoxy) is 3. The van der Waals surface area contributed by atoms with Crippen LogP contribution < -0.4 is 14.8 Å². The van der Waals surface area contributed by atoms with Gasteiger partial charge in [-0.05, 0) is 38.0 Å². The van der Waals surface area contributed by atoms with Gasteiger partial charge in [0.25, 0.3) is 5.91 Å². The van der Waals surface area contributed by atoms with Gasteiger partial charge in [-0.1, -0.05) is 0 Å². The van der Waals surface area contributed by atoms with Gasteiger partial charge in [0, 0.05) is 30.9 Å². The fraction of sp³-hybridized carbons (Fsp3) is 0.421. The van der Waals surface area contributed by atoms with E-state index in [-0.39, 0.29) is 13.0 Å². The Morgan fingerprint density at radius 1 is 1.22 bits per heavy atom. The number of carbonyl (C=O) groups is 2. The summed E-state index contributed by atoms with van der Waals surface area (Å²) in [6, 6.07) is 5.12. The van der Waals surface area contributed by atoms with Crippen molar-refractivity contribution in [2.24, 2.45) is 7.05 Å². The van der Waals surface area contributed by atoms with Crippen LogP contribution in [0.15, 0.2) is 18.2 Å². The first kappa shape index (κ1) is 18.8. The molecule has 2 heterocycles. The molecule has 0 saturated carbocycles. The fourth-order valence-electron chi connectivity index (χ4n) is 2.94. The maximum absolute atomic E-state index is 12.0. The van der Waals surface area contributed by atoms with Gasteiger partial charge in [-0.25, -0.2) is 0 Å². The fourth-order valence-corrected chi connectivity index (χ4v) is 2.94. The van der Waals surface area contributed by atoms with Crippen molar-refractivity contribution in [1.29, 1.82) is 0 Å². The van der Waals surface area contributed by atoms with Crippen LogP contribution >= 0.6 is 0 Å². The van der Waals surface area contributed by atoms with E-state index in [1.807, 2.05) is 20.9 Å². The monoisotopic (exact) mass is 373 g/mol. The molecular formula is C19H23N3O5. The second kappa shape index (κ2) is 8.11. The van der Waals surface area contributed by atoms with E-state index in [2.05, 4.69) is 10.4 Å². The predicted octanol–water partition coefficient (Wildman–Crippen LogP) is 1.92. The van der Waals surface area contributed by atoms with Crippen LogP contribution in [0.4, 0.5) is 5.69 Å². The van der Waals surface area contributed by atoms with Crippen molar-refractivity contribution >= 4 is 17.6 Å². The summed E-state index contributed by atoms with van der Waals surface area (Å²) < 4.78 is 17.8. The van der Waals surface area contributed by atoms with Crippen molar-refractivity contribution in [3.8, 4) is 11.5 Å². The van der Waals surface area contributed by atoms with E-state index in [9.17, 15) is 9.59 Å². The molecule has 8 nitrogen and oxygen atoms in total. The van der Waals surface area contributed by atoms with Gasteiger partial charge < -0.3 is 19.5 Å². The molecule has 0 radical (unpaired) electrons. The molecule has 1 aromatic carbocycles. The van der Waals surface area contributed by atoms with E-state index < -0.39 is 11.9 Å². The summed E-state index contributed by atoms with van der Waals surface area (Å²) in [7, 11) is 1.87. The number of hydrogen-bond donors (Lipinski definition) is 1. The first-order valence-electron chi connectivity index (χ1n) is 8.78.